The highest BCUT2D eigenvalue weighted by Gasteiger charge is 2.25. The number of carbonyl (C=O) groups is 4. The molecule has 10 heteroatoms. The van der Waals surface area contributed by atoms with Crippen molar-refractivity contribution in [3.05, 3.63) is 0 Å². The summed E-state index contributed by atoms with van der Waals surface area (Å²) in [6.07, 6.45) is -0.510. The van der Waals surface area contributed by atoms with Crippen molar-refractivity contribution in [3.8, 4) is 0 Å². The van der Waals surface area contributed by atoms with Gasteiger partial charge in [-0.2, -0.15) is 0 Å². The van der Waals surface area contributed by atoms with Gasteiger partial charge in [0.15, 0.2) is 0 Å². The molecule has 0 rings (SSSR count). The van der Waals surface area contributed by atoms with Crippen LogP contribution in [0.1, 0.15) is 12.8 Å². The van der Waals surface area contributed by atoms with Crippen molar-refractivity contribution in [2.75, 3.05) is 0 Å². The summed E-state index contributed by atoms with van der Waals surface area (Å²) < 4.78 is 0. The monoisotopic (exact) mass is 294 g/mol. The van der Waals surface area contributed by atoms with Crippen molar-refractivity contribution in [1.29, 1.82) is 0 Å². The fraction of sp³-hybridized carbons (Fsp3) is 0.500. The minimum Gasteiger partial charge on any atom is -0.370 e. The molecule has 0 bridgehead atoms. The zero-order chi connectivity index (χ0) is 14.3. The van der Waals surface area contributed by atoms with Crippen LogP contribution in [0.2, 0.25) is 0 Å². The van der Waals surface area contributed by atoms with Crippen molar-refractivity contribution in [3.63, 3.8) is 0 Å². The Bertz CT molecular complexity index is 329. The van der Waals surface area contributed by atoms with Gasteiger partial charge in [0.25, 0.3) is 0 Å². The Morgan fingerprint density at radius 2 is 1.00 bits per heavy atom. The Kier molecular flexibility index (Phi) is 7.20. The highest BCUT2D eigenvalue weighted by Crippen LogP contribution is 2.33. The van der Waals surface area contributed by atoms with E-state index in [-0.39, 0.29) is 12.8 Å². The van der Waals surface area contributed by atoms with Crippen LogP contribution in [-0.4, -0.2) is 34.1 Å². The summed E-state index contributed by atoms with van der Waals surface area (Å²) in [7, 11) is 1.74. The third-order valence-corrected chi connectivity index (χ3v) is 4.80. The second-order valence-electron chi connectivity index (χ2n) is 3.32. The molecule has 0 aromatic rings. The first-order valence-corrected chi connectivity index (χ1v) is 6.99. The molecule has 0 aliphatic carbocycles. The quantitative estimate of drug-likeness (QED) is 0.352. The van der Waals surface area contributed by atoms with E-state index in [1.54, 1.807) is 0 Å². The lowest BCUT2D eigenvalue weighted by molar-refractivity contribution is -0.122. The molecule has 4 amide bonds. The molecule has 0 aliphatic rings. The molecule has 0 unspecified atom stereocenters. The van der Waals surface area contributed by atoms with Crippen molar-refractivity contribution in [1.82, 2.24) is 0 Å². The summed E-state index contributed by atoms with van der Waals surface area (Å²) in [5, 5.41) is -1.77. The first-order chi connectivity index (χ1) is 8.23. The van der Waals surface area contributed by atoms with Gasteiger partial charge in [-0.1, -0.05) is 21.6 Å². The van der Waals surface area contributed by atoms with Crippen molar-refractivity contribution in [2.24, 2.45) is 22.9 Å². The van der Waals surface area contributed by atoms with E-state index in [0.717, 1.165) is 21.6 Å². The minimum atomic E-state index is -0.887. The second kappa shape index (κ2) is 7.82. The molecule has 0 aromatic carbocycles. The van der Waals surface area contributed by atoms with Gasteiger partial charge in [0, 0.05) is 12.8 Å². The lowest BCUT2D eigenvalue weighted by Crippen LogP contribution is -2.32. The van der Waals surface area contributed by atoms with Gasteiger partial charge < -0.3 is 22.9 Å². The Labute approximate surface area is 111 Å². The van der Waals surface area contributed by atoms with E-state index >= 15 is 0 Å². The molecule has 0 saturated carbocycles. The number of rotatable bonds is 9. The summed E-state index contributed by atoms with van der Waals surface area (Å²) in [5.41, 5.74) is 20.0. The third kappa shape index (κ3) is 7.01. The van der Waals surface area contributed by atoms with E-state index in [1.807, 2.05) is 0 Å². The Morgan fingerprint density at radius 1 is 0.722 bits per heavy atom. The van der Waals surface area contributed by atoms with Gasteiger partial charge in [0.2, 0.25) is 23.6 Å². The maximum Gasteiger partial charge on any atom is 0.231 e. The Balaban J connectivity index is 4.45. The van der Waals surface area contributed by atoms with Gasteiger partial charge in [0.1, 0.15) is 10.5 Å². The van der Waals surface area contributed by atoms with E-state index in [0.29, 0.717) is 0 Å². The topological polar surface area (TPSA) is 172 Å². The molecule has 2 atom stereocenters. The zero-order valence-electron chi connectivity index (χ0n) is 9.33. The van der Waals surface area contributed by atoms with Gasteiger partial charge in [-0.15, -0.1) is 0 Å². The fourth-order valence-electron chi connectivity index (χ4n) is 0.864. The number of carbonyl (C=O) groups excluding carboxylic acids is 4. The number of hydrogen-bond acceptors (Lipinski definition) is 6. The SMILES string of the molecule is NC(=O)C[C@H](SS[C@H](CC(N)=O)C(N)=O)C(N)=O. The van der Waals surface area contributed by atoms with E-state index in [2.05, 4.69) is 0 Å². The van der Waals surface area contributed by atoms with E-state index in [4.69, 9.17) is 22.9 Å². The predicted molar refractivity (Wildman–Crippen MR) is 68.8 cm³/mol. The van der Waals surface area contributed by atoms with E-state index in [1.165, 1.54) is 0 Å². The lowest BCUT2D eigenvalue weighted by Gasteiger charge is -2.14. The number of amides is 4. The first-order valence-electron chi connectivity index (χ1n) is 4.71. The Hall–Kier alpha value is -1.42. The standard InChI is InChI=1S/C8H14N4O4S2/c9-5(13)1-3(7(11)15)17-18-4(8(12)16)2-6(10)14/h3-4H,1-2H2,(H2,9,13)(H2,10,14)(H2,11,15)(H2,12,16)/t3-,4+. The molecule has 8 nitrogen and oxygen atoms in total. The summed E-state index contributed by atoms with van der Waals surface area (Å²) in [6.45, 7) is 0. The predicted octanol–water partition coefficient (Wildman–Crippen LogP) is -2.17. The first kappa shape index (κ1) is 16.6. The summed E-state index contributed by atoms with van der Waals surface area (Å²) in [5.74, 6) is -2.88. The largest absolute Gasteiger partial charge is 0.370 e. The summed E-state index contributed by atoms with van der Waals surface area (Å²) in [4.78, 5) is 43.4. The number of nitrogens with two attached hydrogens (primary N) is 4. The maximum absolute atomic E-state index is 11.0. The van der Waals surface area contributed by atoms with Crippen LogP contribution >= 0.6 is 21.6 Å². The van der Waals surface area contributed by atoms with Gasteiger partial charge in [-0.25, -0.2) is 0 Å². The maximum atomic E-state index is 11.0. The molecule has 0 saturated heterocycles. The molecule has 0 aliphatic heterocycles. The zero-order valence-corrected chi connectivity index (χ0v) is 11.0. The van der Waals surface area contributed by atoms with Crippen LogP contribution in [0, 0.1) is 0 Å². The van der Waals surface area contributed by atoms with Gasteiger partial charge in [-0.05, 0) is 0 Å². The van der Waals surface area contributed by atoms with E-state index in [9.17, 15) is 19.2 Å². The Morgan fingerprint density at radius 3 is 1.17 bits per heavy atom. The lowest BCUT2D eigenvalue weighted by atomic mass is 10.3. The molecule has 8 N–H and O–H groups in total. The average molecular weight is 294 g/mol. The molecule has 0 aromatic heterocycles. The van der Waals surface area contributed by atoms with Crippen molar-refractivity contribution >= 4 is 45.2 Å². The van der Waals surface area contributed by atoms with Crippen molar-refractivity contribution in [2.45, 2.75) is 23.3 Å². The van der Waals surface area contributed by atoms with Gasteiger partial charge in [-0.3, -0.25) is 19.2 Å². The van der Waals surface area contributed by atoms with Crippen LogP contribution in [0.5, 0.6) is 0 Å². The van der Waals surface area contributed by atoms with Crippen LogP contribution in [0.3, 0.4) is 0 Å². The average Bonchev–Trinajstić information content (AvgIpc) is 2.20. The van der Waals surface area contributed by atoms with Crippen LogP contribution in [0.25, 0.3) is 0 Å². The van der Waals surface area contributed by atoms with Gasteiger partial charge in [0.05, 0.1) is 0 Å². The molecular weight excluding hydrogens is 280 g/mol. The number of hydrogen-bond donors (Lipinski definition) is 4. The molecular formula is C8H14N4O4S2. The smallest absolute Gasteiger partial charge is 0.231 e. The van der Waals surface area contributed by atoms with Crippen LogP contribution in [0.15, 0.2) is 0 Å². The summed E-state index contributed by atoms with van der Waals surface area (Å²) >= 11 is 0. The second-order valence-corrected chi connectivity index (χ2v) is 5.99. The minimum absolute atomic E-state index is 0.255. The van der Waals surface area contributed by atoms with Crippen LogP contribution < -0.4 is 22.9 Å². The molecule has 18 heavy (non-hydrogen) atoms. The highest BCUT2D eigenvalue weighted by atomic mass is 33.1. The fourth-order valence-corrected chi connectivity index (χ4v) is 3.57. The normalized spacial score (nSPS) is 13.6. The van der Waals surface area contributed by atoms with Gasteiger partial charge >= 0.3 is 0 Å². The molecule has 0 heterocycles. The molecule has 0 spiro atoms. The van der Waals surface area contributed by atoms with Crippen LogP contribution in [0.4, 0.5) is 0 Å². The van der Waals surface area contributed by atoms with Crippen LogP contribution in [-0.2, 0) is 19.2 Å². The molecule has 0 radical (unpaired) electrons. The molecule has 0 fully saturated rings. The van der Waals surface area contributed by atoms with Crippen molar-refractivity contribution < 1.29 is 19.2 Å². The third-order valence-electron chi connectivity index (χ3n) is 1.70. The molecule has 102 valence electrons. The highest BCUT2D eigenvalue weighted by molar-refractivity contribution is 8.77. The summed E-state index contributed by atoms with van der Waals surface area (Å²) in [6, 6.07) is 0. The number of primary amides is 4. The van der Waals surface area contributed by atoms with E-state index < -0.39 is 34.1 Å².